The van der Waals surface area contributed by atoms with Crippen LogP contribution in [0.25, 0.3) is 0 Å². The number of hydrogen-bond acceptors (Lipinski definition) is 12. The van der Waals surface area contributed by atoms with Crippen LogP contribution in [0.15, 0.2) is 0 Å². The maximum atomic E-state index is 14.6. The fourth-order valence-electron chi connectivity index (χ4n) is 10.6. The zero-order valence-electron chi connectivity index (χ0n) is 35.5. The van der Waals surface area contributed by atoms with Crippen molar-refractivity contribution >= 4 is 23.9 Å². The third kappa shape index (κ3) is 12.4. The van der Waals surface area contributed by atoms with Crippen molar-refractivity contribution in [2.24, 2.45) is 17.3 Å². The van der Waals surface area contributed by atoms with E-state index in [1.807, 2.05) is 90.1 Å². The Morgan fingerprint density at radius 3 is 0.943 bits per heavy atom. The highest BCUT2D eigenvalue weighted by Crippen LogP contribution is 2.37. The van der Waals surface area contributed by atoms with E-state index in [1.54, 1.807) is 0 Å². The Bertz CT molecular complexity index is 1290. The van der Waals surface area contributed by atoms with Crippen LogP contribution in [0.5, 0.6) is 0 Å². The molecule has 0 amide bonds. The fraction of sp³-hybridized carbons (Fsp3) is 0.902. The summed E-state index contributed by atoms with van der Waals surface area (Å²) in [6, 6.07) is 0. The molecule has 4 heterocycles. The molecule has 0 aromatic rings. The lowest BCUT2D eigenvalue weighted by atomic mass is 9.80. The van der Waals surface area contributed by atoms with Gasteiger partial charge in [-0.25, -0.2) is 0 Å². The number of carbonyl (C=O) groups excluding carboxylic acids is 4. The quantitative estimate of drug-likeness (QED) is 0.165. The number of nitrogens with one attached hydrogen (secondary N) is 3. The van der Waals surface area contributed by atoms with Gasteiger partial charge in [0.25, 0.3) is 0 Å². The molecule has 4 aliphatic heterocycles. The van der Waals surface area contributed by atoms with E-state index in [2.05, 4.69) is 34.7 Å². The Kier molecular flexibility index (Phi) is 12.3. The smallest absolute Gasteiger partial charge is 0.322 e. The number of piperidine rings is 4. The minimum absolute atomic E-state index is 0.166. The van der Waals surface area contributed by atoms with Crippen molar-refractivity contribution in [3.05, 3.63) is 0 Å². The lowest BCUT2D eigenvalue weighted by Gasteiger charge is -2.47. The van der Waals surface area contributed by atoms with E-state index < -0.39 is 60.1 Å². The predicted octanol–water partition coefficient (Wildman–Crippen LogP) is 5.05. The van der Waals surface area contributed by atoms with Gasteiger partial charge in [-0.15, -0.1) is 0 Å². The maximum Gasteiger partial charge on any atom is 0.322 e. The van der Waals surface area contributed by atoms with Crippen LogP contribution >= 0.6 is 0 Å². The summed E-state index contributed by atoms with van der Waals surface area (Å²) < 4.78 is 24.6. The average Bonchev–Trinajstić information content (AvgIpc) is 2.84. The van der Waals surface area contributed by atoms with Crippen molar-refractivity contribution in [1.82, 2.24) is 20.9 Å². The number of likely N-dealkylation sites (N-methyl/N-ethyl adjacent to an activating group) is 1. The summed E-state index contributed by atoms with van der Waals surface area (Å²) >= 11 is 0. The normalized spacial score (nSPS) is 28.7. The standard InChI is InChI=1S/C41H72N4O8/c1-35(2)16-28(23-45(15)24-35)53-34(49)30(33(48)52-27-21-40(11,12)44-41(13,14)22-27)29(31(46)50-25-17-36(3,4)42-37(5,6)18-25)32(47)51-26-19-38(7,8)43-39(9,10)20-26/h25-30,42-44H,16-24H2,1-15H3. The molecule has 0 aromatic heterocycles. The summed E-state index contributed by atoms with van der Waals surface area (Å²) in [5, 5.41) is 10.8. The molecule has 4 fully saturated rings. The first-order valence-electron chi connectivity index (χ1n) is 19.7. The summed E-state index contributed by atoms with van der Waals surface area (Å²) in [7, 11) is 1.95. The summed E-state index contributed by atoms with van der Waals surface area (Å²) in [6.07, 6.45) is 1.12. The van der Waals surface area contributed by atoms with Crippen LogP contribution in [0, 0.1) is 17.3 Å². The van der Waals surface area contributed by atoms with Gasteiger partial charge in [0.05, 0.1) is 0 Å². The molecule has 0 saturated carbocycles. The second-order valence-corrected chi connectivity index (χ2v) is 21.7. The highest BCUT2D eigenvalue weighted by atomic mass is 16.6. The van der Waals surface area contributed by atoms with Crippen molar-refractivity contribution < 1.29 is 38.1 Å². The van der Waals surface area contributed by atoms with E-state index in [4.69, 9.17) is 18.9 Å². The van der Waals surface area contributed by atoms with Gasteiger partial charge in [-0.1, -0.05) is 13.8 Å². The number of ether oxygens (including phenoxy) is 4. The molecule has 4 rings (SSSR count). The number of rotatable bonds is 9. The van der Waals surface area contributed by atoms with Crippen molar-refractivity contribution in [3.8, 4) is 0 Å². The molecular weight excluding hydrogens is 676 g/mol. The van der Waals surface area contributed by atoms with Crippen molar-refractivity contribution in [2.75, 3.05) is 20.1 Å². The molecule has 0 aliphatic carbocycles. The molecule has 4 saturated heterocycles. The van der Waals surface area contributed by atoms with Gasteiger partial charge in [0.1, 0.15) is 24.4 Å². The topological polar surface area (TPSA) is 145 Å². The Hall–Kier alpha value is -2.28. The van der Waals surface area contributed by atoms with Crippen LogP contribution in [-0.4, -0.2) is 107 Å². The monoisotopic (exact) mass is 749 g/mol. The zero-order valence-corrected chi connectivity index (χ0v) is 35.5. The Labute approximate surface area is 319 Å². The molecule has 0 spiro atoms. The fourth-order valence-corrected chi connectivity index (χ4v) is 10.6. The lowest BCUT2D eigenvalue weighted by molar-refractivity contribution is -0.191. The van der Waals surface area contributed by atoms with E-state index in [-0.39, 0.29) is 38.6 Å². The predicted molar refractivity (Wildman–Crippen MR) is 204 cm³/mol. The number of nitrogens with zero attached hydrogens (tertiary/aromatic N) is 1. The second-order valence-electron chi connectivity index (χ2n) is 21.7. The molecule has 304 valence electrons. The third-order valence-corrected chi connectivity index (χ3v) is 10.9. The highest BCUT2D eigenvalue weighted by molar-refractivity contribution is 6.07. The van der Waals surface area contributed by atoms with Crippen LogP contribution in [0.4, 0.5) is 0 Å². The van der Waals surface area contributed by atoms with Crippen LogP contribution in [0.1, 0.15) is 142 Å². The minimum atomic E-state index is -1.92. The van der Waals surface area contributed by atoms with Crippen LogP contribution in [0.3, 0.4) is 0 Å². The zero-order chi connectivity index (χ0) is 40.2. The van der Waals surface area contributed by atoms with Crippen LogP contribution < -0.4 is 16.0 Å². The van der Waals surface area contributed by atoms with Crippen molar-refractivity contribution in [2.45, 2.75) is 200 Å². The molecule has 2 unspecified atom stereocenters. The van der Waals surface area contributed by atoms with Crippen LogP contribution in [-0.2, 0) is 38.1 Å². The first-order valence-corrected chi connectivity index (χ1v) is 19.7. The molecule has 0 aromatic carbocycles. The number of carbonyl (C=O) groups is 4. The summed E-state index contributed by atoms with van der Waals surface area (Å²) in [5.74, 6) is -7.76. The van der Waals surface area contributed by atoms with Crippen LogP contribution in [0.2, 0.25) is 0 Å². The first-order chi connectivity index (χ1) is 23.9. The van der Waals surface area contributed by atoms with Gasteiger partial charge < -0.3 is 39.8 Å². The van der Waals surface area contributed by atoms with Gasteiger partial charge in [-0.3, -0.25) is 19.2 Å². The number of hydrogen-bond donors (Lipinski definition) is 3. The Morgan fingerprint density at radius 1 is 0.453 bits per heavy atom. The molecule has 4 aliphatic rings. The largest absolute Gasteiger partial charge is 0.462 e. The SMILES string of the molecule is CN1CC(OC(=O)C(C(=O)OC2CC(C)(C)NC(C)(C)C2)C(C(=O)OC2CC(C)(C)NC(C)(C)C2)C(=O)OC2CC(C)(C)NC(C)(C)C2)CC(C)(C)C1. The first kappa shape index (κ1) is 43.4. The van der Waals surface area contributed by atoms with Gasteiger partial charge in [0.2, 0.25) is 0 Å². The summed E-state index contributed by atoms with van der Waals surface area (Å²) in [6.45, 7) is 29.8. The van der Waals surface area contributed by atoms with E-state index >= 15 is 0 Å². The Balaban J connectivity index is 1.74. The Morgan fingerprint density at radius 2 is 0.698 bits per heavy atom. The van der Waals surface area contributed by atoms with E-state index in [0.29, 0.717) is 51.5 Å². The molecule has 12 heteroatoms. The summed E-state index contributed by atoms with van der Waals surface area (Å²) in [5.41, 5.74) is -2.41. The molecule has 3 N–H and O–H groups in total. The summed E-state index contributed by atoms with van der Waals surface area (Å²) in [4.78, 5) is 60.3. The lowest BCUT2D eigenvalue weighted by Crippen LogP contribution is -2.61. The van der Waals surface area contributed by atoms with Gasteiger partial charge >= 0.3 is 23.9 Å². The third-order valence-electron chi connectivity index (χ3n) is 10.9. The molecule has 0 bridgehead atoms. The van der Waals surface area contributed by atoms with Gasteiger partial charge in [0.15, 0.2) is 11.8 Å². The minimum Gasteiger partial charge on any atom is -0.462 e. The van der Waals surface area contributed by atoms with Crippen molar-refractivity contribution in [1.29, 1.82) is 0 Å². The van der Waals surface area contributed by atoms with E-state index in [9.17, 15) is 19.2 Å². The van der Waals surface area contributed by atoms with Gasteiger partial charge in [-0.05, 0) is 102 Å². The number of likely N-dealkylation sites (tertiary alicyclic amines) is 1. The molecule has 2 atom stereocenters. The average molecular weight is 749 g/mol. The second kappa shape index (κ2) is 15.0. The maximum absolute atomic E-state index is 14.6. The van der Waals surface area contributed by atoms with Gasteiger partial charge in [0, 0.05) is 84.8 Å². The molecular formula is C41H72N4O8. The van der Waals surface area contributed by atoms with Crippen molar-refractivity contribution in [3.63, 3.8) is 0 Å². The highest BCUT2D eigenvalue weighted by Gasteiger charge is 2.53. The van der Waals surface area contributed by atoms with Gasteiger partial charge in [-0.2, -0.15) is 0 Å². The molecule has 0 radical (unpaired) electrons. The van der Waals surface area contributed by atoms with E-state index in [1.165, 1.54) is 0 Å². The molecule has 12 nitrogen and oxygen atoms in total. The number of esters is 4. The molecule has 53 heavy (non-hydrogen) atoms. The van der Waals surface area contributed by atoms with E-state index in [0.717, 1.165) is 6.54 Å².